The number of rotatable bonds is 8. The van der Waals surface area contributed by atoms with E-state index >= 15 is 0 Å². The largest absolute Gasteiger partial charge is 0.435 e. The predicted octanol–water partition coefficient (Wildman–Crippen LogP) is 3.96. The molecule has 0 aliphatic heterocycles. The predicted molar refractivity (Wildman–Crippen MR) is 71.3 cm³/mol. The van der Waals surface area contributed by atoms with Crippen molar-refractivity contribution in [3.63, 3.8) is 0 Å². The van der Waals surface area contributed by atoms with Gasteiger partial charge < -0.3 is 10.1 Å². The molecule has 0 amide bonds. The highest BCUT2D eigenvalue weighted by atomic mass is 19.3. The second kappa shape index (κ2) is 6.85. The maximum Gasteiger partial charge on any atom is 0.387 e. The third-order valence-corrected chi connectivity index (χ3v) is 3.55. The fourth-order valence-electron chi connectivity index (χ4n) is 2.20. The van der Waals surface area contributed by atoms with E-state index in [2.05, 4.69) is 17.0 Å². The number of benzene rings is 1. The first-order valence-electron chi connectivity index (χ1n) is 6.94. The first-order chi connectivity index (χ1) is 9.17. The quantitative estimate of drug-likeness (QED) is 0.771. The molecule has 0 bridgehead atoms. The number of ether oxygens (including phenoxy) is 1. The molecule has 4 heteroatoms. The van der Waals surface area contributed by atoms with Crippen molar-refractivity contribution in [3.8, 4) is 5.75 Å². The lowest BCUT2D eigenvalue weighted by atomic mass is 10.1. The lowest BCUT2D eigenvalue weighted by molar-refractivity contribution is -0.0498. The Bertz CT molecular complexity index is 376. The molecule has 1 aliphatic rings. The minimum Gasteiger partial charge on any atom is -0.435 e. The highest BCUT2D eigenvalue weighted by Gasteiger charge is 2.24. The summed E-state index contributed by atoms with van der Waals surface area (Å²) in [5.74, 6) is 1.13. The van der Waals surface area contributed by atoms with E-state index in [9.17, 15) is 8.78 Å². The maximum absolute atomic E-state index is 12.0. The molecule has 0 heterocycles. The fraction of sp³-hybridized carbons (Fsp3) is 0.600. The smallest absolute Gasteiger partial charge is 0.387 e. The molecule has 1 N–H and O–H groups in total. The Morgan fingerprint density at radius 3 is 2.47 bits per heavy atom. The van der Waals surface area contributed by atoms with E-state index in [1.54, 1.807) is 12.1 Å². The third-order valence-electron chi connectivity index (χ3n) is 3.55. The van der Waals surface area contributed by atoms with E-state index in [4.69, 9.17) is 0 Å². The second-order valence-electron chi connectivity index (χ2n) is 5.19. The number of alkyl halides is 2. The van der Waals surface area contributed by atoms with Crippen molar-refractivity contribution >= 4 is 0 Å². The molecular weight excluding hydrogens is 248 g/mol. The molecule has 1 atom stereocenters. The molecule has 1 aromatic carbocycles. The van der Waals surface area contributed by atoms with E-state index in [0.29, 0.717) is 6.04 Å². The maximum atomic E-state index is 12.0. The monoisotopic (exact) mass is 269 g/mol. The lowest BCUT2D eigenvalue weighted by Crippen LogP contribution is -2.28. The Morgan fingerprint density at radius 2 is 1.95 bits per heavy atom. The zero-order chi connectivity index (χ0) is 13.7. The number of halogens is 2. The van der Waals surface area contributed by atoms with Crippen molar-refractivity contribution in [2.45, 2.75) is 51.8 Å². The van der Waals surface area contributed by atoms with Gasteiger partial charge in [0.2, 0.25) is 0 Å². The van der Waals surface area contributed by atoms with Gasteiger partial charge in [-0.1, -0.05) is 31.9 Å². The van der Waals surface area contributed by atoms with Crippen LogP contribution >= 0.6 is 0 Å². The van der Waals surface area contributed by atoms with Gasteiger partial charge in [-0.05, 0) is 36.5 Å². The number of hydrogen-bond acceptors (Lipinski definition) is 2. The highest BCUT2D eigenvalue weighted by Crippen LogP contribution is 2.34. The molecule has 1 aromatic rings. The van der Waals surface area contributed by atoms with Crippen LogP contribution in [0.15, 0.2) is 24.3 Å². The summed E-state index contributed by atoms with van der Waals surface area (Å²) in [6.07, 6.45) is 5.13. The molecular formula is C15H21F2NO. The molecule has 0 radical (unpaired) electrons. The van der Waals surface area contributed by atoms with Gasteiger partial charge in [-0.2, -0.15) is 8.78 Å². The Kier molecular flexibility index (Phi) is 5.14. The fourth-order valence-corrected chi connectivity index (χ4v) is 2.20. The Morgan fingerprint density at radius 1 is 1.26 bits per heavy atom. The molecule has 1 fully saturated rings. The van der Waals surface area contributed by atoms with Crippen LogP contribution in [-0.4, -0.2) is 12.7 Å². The lowest BCUT2D eigenvalue weighted by Gasteiger charge is -2.16. The van der Waals surface area contributed by atoms with E-state index in [-0.39, 0.29) is 5.75 Å². The number of nitrogens with one attached hydrogen (secondary N) is 1. The highest BCUT2D eigenvalue weighted by molar-refractivity contribution is 5.27. The molecule has 1 saturated carbocycles. The van der Waals surface area contributed by atoms with Crippen molar-refractivity contribution in [3.05, 3.63) is 29.8 Å². The van der Waals surface area contributed by atoms with Crippen LogP contribution in [0.1, 0.15) is 38.2 Å². The van der Waals surface area contributed by atoms with Crippen LogP contribution in [-0.2, 0) is 6.54 Å². The normalized spacial score (nSPS) is 16.6. The molecule has 2 nitrogen and oxygen atoms in total. The van der Waals surface area contributed by atoms with Gasteiger partial charge in [0.1, 0.15) is 5.75 Å². The zero-order valence-electron chi connectivity index (χ0n) is 11.2. The van der Waals surface area contributed by atoms with Crippen LogP contribution in [0.5, 0.6) is 5.75 Å². The van der Waals surface area contributed by atoms with Crippen LogP contribution in [0.25, 0.3) is 0 Å². The summed E-state index contributed by atoms with van der Waals surface area (Å²) >= 11 is 0. The minimum atomic E-state index is -2.76. The van der Waals surface area contributed by atoms with E-state index in [0.717, 1.165) is 24.4 Å². The zero-order valence-corrected chi connectivity index (χ0v) is 11.2. The van der Waals surface area contributed by atoms with Crippen molar-refractivity contribution in [1.29, 1.82) is 0 Å². The summed E-state index contributed by atoms with van der Waals surface area (Å²) in [4.78, 5) is 0. The van der Waals surface area contributed by atoms with Gasteiger partial charge in [-0.15, -0.1) is 0 Å². The third kappa shape index (κ3) is 5.15. The number of hydrogen-bond donors (Lipinski definition) is 1. The topological polar surface area (TPSA) is 21.3 Å². The molecule has 19 heavy (non-hydrogen) atoms. The van der Waals surface area contributed by atoms with Crippen molar-refractivity contribution < 1.29 is 13.5 Å². The van der Waals surface area contributed by atoms with Crippen molar-refractivity contribution in [2.75, 3.05) is 0 Å². The van der Waals surface area contributed by atoms with Crippen LogP contribution < -0.4 is 10.1 Å². The standard InChI is InChI=1S/C15H21F2NO/c1-2-13(9-11-3-4-11)18-10-12-5-7-14(8-6-12)19-15(16)17/h5-8,11,13,15,18H,2-4,9-10H2,1H3. The Balaban J connectivity index is 1.77. The molecule has 0 spiro atoms. The molecule has 0 aromatic heterocycles. The van der Waals surface area contributed by atoms with Gasteiger partial charge in [0.25, 0.3) is 0 Å². The van der Waals surface area contributed by atoms with E-state index in [1.165, 1.54) is 19.3 Å². The van der Waals surface area contributed by atoms with Crippen molar-refractivity contribution in [1.82, 2.24) is 5.32 Å². The molecule has 106 valence electrons. The van der Waals surface area contributed by atoms with Crippen LogP contribution in [0.2, 0.25) is 0 Å². The summed E-state index contributed by atoms with van der Waals surface area (Å²) < 4.78 is 28.4. The second-order valence-corrected chi connectivity index (χ2v) is 5.19. The van der Waals surface area contributed by atoms with E-state index < -0.39 is 6.61 Å². The summed E-state index contributed by atoms with van der Waals surface area (Å²) in [5.41, 5.74) is 1.09. The average molecular weight is 269 g/mol. The summed E-state index contributed by atoms with van der Waals surface area (Å²) in [5, 5.41) is 3.53. The van der Waals surface area contributed by atoms with Crippen LogP contribution in [0.3, 0.4) is 0 Å². The van der Waals surface area contributed by atoms with Gasteiger partial charge in [-0.3, -0.25) is 0 Å². The summed E-state index contributed by atoms with van der Waals surface area (Å²) in [6.45, 7) is 0.215. The molecule has 1 aliphatic carbocycles. The first kappa shape index (κ1) is 14.3. The summed E-state index contributed by atoms with van der Waals surface area (Å²) in [7, 11) is 0. The average Bonchev–Trinajstić information content (AvgIpc) is 3.19. The first-order valence-corrected chi connectivity index (χ1v) is 6.94. The van der Waals surface area contributed by atoms with Gasteiger partial charge in [-0.25, -0.2) is 0 Å². The van der Waals surface area contributed by atoms with Gasteiger partial charge >= 0.3 is 6.61 Å². The van der Waals surface area contributed by atoms with Crippen LogP contribution in [0, 0.1) is 5.92 Å². The van der Waals surface area contributed by atoms with E-state index in [1.807, 2.05) is 12.1 Å². The van der Waals surface area contributed by atoms with Gasteiger partial charge in [0.15, 0.2) is 0 Å². The molecule has 2 rings (SSSR count). The SMILES string of the molecule is CCC(CC1CC1)NCc1ccc(OC(F)F)cc1. The minimum absolute atomic E-state index is 0.212. The Labute approximate surface area is 113 Å². The molecule has 1 unspecified atom stereocenters. The van der Waals surface area contributed by atoms with Gasteiger partial charge in [0.05, 0.1) is 0 Å². The van der Waals surface area contributed by atoms with Gasteiger partial charge in [0, 0.05) is 12.6 Å². The Hall–Kier alpha value is -1.16. The van der Waals surface area contributed by atoms with Crippen LogP contribution in [0.4, 0.5) is 8.78 Å². The molecule has 0 saturated heterocycles. The summed E-state index contributed by atoms with van der Waals surface area (Å²) in [6, 6.07) is 7.39. The van der Waals surface area contributed by atoms with Crippen molar-refractivity contribution in [2.24, 2.45) is 5.92 Å².